The molecule has 0 aliphatic heterocycles. The van der Waals surface area contributed by atoms with Crippen LogP contribution in [0, 0.1) is 6.92 Å². The fraction of sp³-hybridized carbons (Fsp3) is 0.182. The maximum absolute atomic E-state index is 12.0. The molecule has 0 spiro atoms. The van der Waals surface area contributed by atoms with Crippen molar-refractivity contribution >= 4 is 23.3 Å². The molecule has 0 saturated carbocycles. The normalized spacial score (nSPS) is 10.3. The number of nitrogens with one attached hydrogen (secondary N) is 3. The van der Waals surface area contributed by atoms with Crippen molar-refractivity contribution in [2.24, 2.45) is 5.84 Å². The Kier molecular flexibility index (Phi) is 3.98. The van der Waals surface area contributed by atoms with E-state index in [1.165, 1.54) is 12.1 Å². The topological polar surface area (TPSA) is 109 Å². The fourth-order valence-electron chi connectivity index (χ4n) is 1.53. The molecule has 0 aliphatic rings. The van der Waals surface area contributed by atoms with E-state index in [1.54, 1.807) is 6.20 Å². The van der Waals surface area contributed by atoms with Gasteiger partial charge in [0.15, 0.2) is 0 Å². The highest BCUT2D eigenvalue weighted by Crippen LogP contribution is 2.14. The number of nitrogen functional groups attached to an aromatic ring is 1. The maximum Gasteiger partial charge on any atom is 0.251 e. The van der Waals surface area contributed by atoms with Gasteiger partial charge in [-0.3, -0.25) is 9.89 Å². The number of aromatic nitrogens is 3. The SMILES string of the molecule is Cc1[nH]ncc1CNC(=O)c1cc(Cl)nc(NN)c1. The molecule has 0 fully saturated rings. The summed E-state index contributed by atoms with van der Waals surface area (Å²) in [6.07, 6.45) is 1.67. The number of carbonyl (C=O) groups excluding carboxylic acids is 1. The van der Waals surface area contributed by atoms with Crippen LogP contribution in [0.5, 0.6) is 0 Å². The molecule has 19 heavy (non-hydrogen) atoms. The predicted octanol–water partition coefficient (Wildman–Crippen LogP) is 0.982. The van der Waals surface area contributed by atoms with Gasteiger partial charge in [0.25, 0.3) is 5.91 Å². The minimum Gasteiger partial charge on any atom is -0.348 e. The Morgan fingerprint density at radius 3 is 2.95 bits per heavy atom. The number of halogens is 1. The Hall–Kier alpha value is -2.12. The van der Waals surface area contributed by atoms with Crippen LogP contribution in [0.25, 0.3) is 0 Å². The molecular formula is C11H13ClN6O. The van der Waals surface area contributed by atoms with Crippen molar-refractivity contribution in [1.29, 1.82) is 0 Å². The standard InChI is InChI=1S/C11H13ClN6O/c1-6-8(5-15-18-6)4-14-11(19)7-2-9(12)16-10(3-7)17-13/h2-3,5H,4,13H2,1H3,(H,14,19)(H,15,18)(H,16,17). The molecule has 0 bridgehead atoms. The van der Waals surface area contributed by atoms with E-state index in [2.05, 4.69) is 25.9 Å². The van der Waals surface area contributed by atoms with Crippen molar-refractivity contribution in [1.82, 2.24) is 20.5 Å². The van der Waals surface area contributed by atoms with Gasteiger partial charge in [0.2, 0.25) is 0 Å². The number of nitrogens with two attached hydrogens (primary N) is 1. The first-order chi connectivity index (χ1) is 9.10. The number of pyridine rings is 1. The second-order valence-corrected chi connectivity index (χ2v) is 4.30. The largest absolute Gasteiger partial charge is 0.348 e. The summed E-state index contributed by atoms with van der Waals surface area (Å²) in [6, 6.07) is 2.99. The van der Waals surface area contributed by atoms with Crippen molar-refractivity contribution in [3.8, 4) is 0 Å². The summed E-state index contributed by atoms with van der Waals surface area (Å²) in [6.45, 7) is 2.26. The van der Waals surface area contributed by atoms with E-state index in [1.807, 2.05) is 6.92 Å². The Morgan fingerprint density at radius 1 is 1.53 bits per heavy atom. The van der Waals surface area contributed by atoms with Gasteiger partial charge in [0.1, 0.15) is 11.0 Å². The molecule has 0 unspecified atom stereocenters. The summed E-state index contributed by atoms with van der Waals surface area (Å²) >= 11 is 5.80. The number of rotatable bonds is 4. The highest BCUT2D eigenvalue weighted by atomic mass is 35.5. The molecule has 7 nitrogen and oxygen atoms in total. The number of hydrazine groups is 1. The van der Waals surface area contributed by atoms with Crippen LogP contribution in [-0.2, 0) is 6.54 Å². The highest BCUT2D eigenvalue weighted by molar-refractivity contribution is 6.29. The summed E-state index contributed by atoms with van der Waals surface area (Å²) in [5.41, 5.74) is 4.57. The van der Waals surface area contributed by atoms with Gasteiger partial charge in [-0.1, -0.05) is 11.6 Å². The molecule has 2 aromatic rings. The van der Waals surface area contributed by atoms with Gasteiger partial charge in [0.05, 0.1) is 6.20 Å². The highest BCUT2D eigenvalue weighted by Gasteiger charge is 2.10. The van der Waals surface area contributed by atoms with Crippen molar-refractivity contribution in [3.63, 3.8) is 0 Å². The van der Waals surface area contributed by atoms with Crippen molar-refractivity contribution in [3.05, 3.63) is 40.3 Å². The zero-order valence-corrected chi connectivity index (χ0v) is 11.0. The molecule has 0 aromatic carbocycles. The number of hydrogen-bond acceptors (Lipinski definition) is 5. The van der Waals surface area contributed by atoms with Crippen LogP contribution in [0.1, 0.15) is 21.6 Å². The second kappa shape index (κ2) is 5.68. The summed E-state index contributed by atoms with van der Waals surface area (Å²) in [4.78, 5) is 15.9. The van der Waals surface area contributed by atoms with Crippen LogP contribution in [0.15, 0.2) is 18.3 Å². The summed E-state index contributed by atoms with van der Waals surface area (Å²) in [5.74, 6) is 5.31. The summed E-state index contributed by atoms with van der Waals surface area (Å²) < 4.78 is 0. The average molecular weight is 281 g/mol. The number of carbonyl (C=O) groups is 1. The maximum atomic E-state index is 12.0. The first kappa shape index (κ1) is 13.3. The molecule has 0 saturated heterocycles. The van der Waals surface area contributed by atoms with E-state index in [0.717, 1.165) is 11.3 Å². The molecule has 5 N–H and O–H groups in total. The second-order valence-electron chi connectivity index (χ2n) is 3.91. The van der Waals surface area contributed by atoms with E-state index in [9.17, 15) is 4.79 Å². The number of nitrogens with zero attached hydrogens (tertiary/aromatic N) is 2. The van der Waals surface area contributed by atoms with E-state index in [-0.39, 0.29) is 11.1 Å². The molecule has 100 valence electrons. The number of aromatic amines is 1. The minimum atomic E-state index is -0.263. The first-order valence-corrected chi connectivity index (χ1v) is 5.89. The molecule has 2 rings (SSSR count). The molecule has 0 aliphatic carbocycles. The molecule has 8 heteroatoms. The number of aryl methyl sites for hydroxylation is 1. The van der Waals surface area contributed by atoms with Crippen molar-refractivity contribution in [2.45, 2.75) is 13.5 Å². The Morgan fingerprint density at radius 2 is 2.32 bits per heavy atom. The molecule has 1 amide bonds. The van der Waals surface area contributed by atoms with E-state index in [0.29, 0.717) is 17.9 Å². The monoisotopic (exact) mass is 280 g/mol. The van der Waals surface area contributed by atoms with Gasteiger partial charge in [-0.05, 0) is 19.1 Å². The lowest BCUT2D eigenvalue weighted by molar-refractivity contribution is 0.0951. The Balaban J connectivity index is 2.08. The number of hydrogen-bond donors (Lipinski definition) is 4. The van der Waals surface area contributed by atoms with Crippen molar-refractivity contribution in [2.75, 3.05) is 5.43 Å². The minimum absolute atomic E-state index is 0.195. The van der Waals surface area contributed by atoms with Gasteiger partial charge in [-0.15, -0.1) is 0 Å². The van der Waals surface area contributed by atoms with Crippen LogP contribution in [0.2, 0.25) is 5.15 Å². The third-order valence-corrected chi connectivity index (χ3v) is 2.77. The van der Waals surface area contributed by atoms with Crippen LogP contribution >= 0.6 is 11.6 Å². The van der Waals surface area contributed by atoms with E-state index < -0.39 is 0 Å². The van der Waals surface area contributed by atoms with Crippen LogP contribution in [0.3, 0.4) is 0 Å². The van der Waals surface area contributed by atoms with Crippen LogP contribution < -0.4 is 16.6 Å². The van der Waals surface area contributed by atoms with Crippen molar-refractivity contribution < 1.29 is 4.79 Å². The zero-order valence-electron chi connectivity index (χ0n) is 10.2. The lowest BCUT2D eigenvalue weighted by Crippen LogP contribution is -2.23. The van der Waals surface area contributed by atoms with E-state index in [4.69, 9.17) is 17.4 Å². The quantitative estimate of drug-likeness (QED) is 0.379. The smallest absolute Gasteiger partial charge is 0.251 e. The van der Waals surface area contributed by atoms with Gasteiger partial charge in [-0.2, -0.15) is 5.10 Å². The Bertz CT molecular complexity index is 597. The van der Waals surface area contributed by atoms with Crippen LogP contribution in [-0.4, -0.2) is 21.1 Å². The molecule has 0 radical (unpaired) electrons. The van der Waals surface area contributed by atoms with Gasteiger partial charge in [0, 0.05) is 23.4 Å². The van der Waals surface area contributed by atoms with E-state index >= 15 is 0 Å². The number of amides is 1. The lowest BCUT2D eigenvalue weighted by Gasteiger charge is -2.06. The third-order valence-electron chi connectivity index (χ3n) is 2.58. The molecule has 2 aromatic heterocycles. The molecule has 2 heterocycles. The average Bonchev–Trinajstić information content (AvgIpc) is 2.80. The third kappa shape index (κ3) is 3.21. The van der Waals surface area contributed by atoms with Gasteiger partial charge >= 0.3 is 0 Å². The number of anilines is 1. The van der Waals surface area contributed by atoms with Gasteiger partial charge in [-0.25, -0.2) is 10.8 Å². The predicted molar refractivity (Wildman–Crippen MR) is 71.6 cm³/mol. The molecule has 0 atom stereocenters. The summed E-state index contributed by atoms with van der Waals surface area (Å²) in [7, 11) is 0. The fourth-order valence-corrected chi connectivity index (χ4v) is 1.74. The first-order valence-electron chi connectivity index (χ1n) is 5.51. The molecular weight excluding hydrogens is 268 g/mol. The summed E-state index contributed by atoms with van der Waals surface area (Å²) in [5, 5.41) is 9.64. The zero-order chi connectivity index (χ0) is 13.8. The van der Waals surface area contributed by atoms with Gasteiger partial charge < -0.3 is 10.7 Å². The number of H-pyrrole nitrogens is 1. The van der Waals surface area contributed by atoms with Crippen LogP contribution in [0.4, 0.5) is 5.82 Å². The Labute approximate surface area is 114 Å². The lowest BCUT2D eigenvalue weighted by atomic mass is 10.2.